The summed E-state index contributed by atoms with van der Waals surface area (Å²) in [6, 6.07) is 4.40. The maximum atomic E-state index is 12.6. The highest BCUT2D eigenvalue weighted by Crippen LogP contribution is 2.32. The highest BCUT2D eigenvalue weighted by molar-refractivity contribution is 14.0. The molecule has 2 N–H and O–H groups in total. The highest BCUT2D eigenvalue weighted by Gasteiger charge is 2.31. The van der Waals surface area contributed by atoms with Crippen LogP contribution in [-0.4, -0.2) is 42.7 Å². The first-order valence-corrected chi connectivity index (χ1v) is 8.95. The number of nitrogens with zero attached hydrogens (tertiary/aromatic N) is 3. The highest BCUT2D eigenvalue weighted by atomic mass is 127. The minimum atomic E-state index is -4.50. The molecule has 0 aliphatic rings. The van der Waals surface area contributed by atoms with Gasteiger partial charge in [-0.05, 0) is 24.1 Å². The Hall–Kier alpha value is -1.53. The molecule has 0 fully saturated rings. The van der Waals surface area contributed by atoms with Gasteiger partial charge in [0.15, 0.2) is 5.96 Å². The fraction of sp³-hybridized carbons (Fsp3) is 0.353. The van der Waals surface area contributed by atoms with Crippen molar-refractivity contribution in [3.05, 3.63) is 51.9 Å². The van der Waals surface area contributed by atoms with Crippen molar-refractivity contribution in [2.24, 2.45) is 4.99 Å². The third-order valence-electron chi connectivity index (χ3n) is 3.49. The van der Waals surface area contributed by atoms with Gasteiger partial charge >= 0.3 is 6.18 Å². The molecule has 0 aliphatic heterocycles. The van der Waals surface area contributed by atoms with E-state index in [0.29, 0.717) is 30.4 Å². The smallest absolute Gasteiger partial charge is 0.417 e. The normalized spacial score (nSPS) is 11.6. The third-order valence-corrected chi connectivity index (χ3v) is 3.98. The van der Waals surface area contributed by atoms with E-state index in [9.17, 15) is 13.2 Å². The molecule has 0 aliphatic carbocycles. The fourth-order valence-electron chi connectivity index (χ4n) is 2.10. The van der Waals surface area contributed by atoms with Gasteiger partial charge in [-0.25, -0.2) is 9.97 Å². The molecule has 2 aromatic heterocycles. The number of hydrogen-bond donors (Lipinski definition) is 2. The number of aliphatic imine (C=N–C) groups is 1. The summed E-state index contributed by atoms with van der Waals surface area (Å²) >= 11 is 11.5. The Morgan fingerprint density at radius 1 is 1.14 bits per heavy atom. The van der Waals surface area contributed by atoms with Crippen molar-refractivity contribution >= 4 is 53.1 Å². The molecule has 0 bridgehead atoms. The first-order valence-electron chi connectivity index (χ1n) is 8.20. The lowest BCUT2D eigenvalue weighted by Gasteiger charge is -2.13. The lowest BCUT2D eigenvalue weighted by molar-refractivity contribution is -0.137. The van der Waals surface area contributed by atoms with Crippen LogP contribution in [0.3, 0.4) is 0 Å². The second kappa shape index (κ2) is 12.2. The van der Waals surface area contributed by atoms with E-state index in [4.69, 9.17) is 27.9 Å². The molecule has 6 nitrogen and oxygen atoms in total. The minimum Gasteiger partial charge on any atom is -0.475 e. The molecule has 0 spiro atoms. The number of hydrogen-bond acceptors (Lipinski definition) is 4. The first kappa shape index (κ1) is 25.5. The van der Waals surface area contributed by atoms with Crippen molar-refractivity contribution in [1.82, 2.24) is 20.6 Å². The van der Waals surface area contributed by atoms with E-state index >= 15 is 0 Å². The quantitative estimate of drug-likeness (QED) is 0.174. The molecule has 0 saturated carbocycles. The maximum Gasteiger partial charge on any atom is 0.417 e. The van der Waals surface area contributed by atoms with Crippen LogP contribution in [0.1, 0.15) is 11.1 Å². The van der Waals surface area contributed by atoms with Gasteiger partial charge in [0.25, 0.3) is 0 Å². The molecule has 0 aromatic carbocycles. The van der Waals surface area contributed by atoms with Gasteiger partial charge in [0.2, 0.25) is 5.88 Å². The van der Waals surface area contributed by atoms with E-state index in [-0.39, 0.29) is 41.5 Å². The SMILES string of the molecule is CN=C(NCCOc1ncc(C(F)(F)F)cc1Cl)NCCc1ccc(Cl)nc1.I. The molecule has 0 atom stereocenters. The van der Waals surface area contributed by atoms with E-state index in [1.807, 2.05) is 6.07 Å². The summed E-state index contributed by atoms with van der Waals surface area (Å²) in [5.74, 6) is 0.492. The number of pyridine rings is 2. The molecule has 2 heterocycles. The monoisotopic (exact) mass is 563 g/mol. The Balaban J connectivity index is 0.00000420. The second-order valence-electron chi connectivity index (χ2n) is 5.52. The zero-order valence-corrected chi connectivity index (χ0v) is 19.1. The number of rotatable bonds is 7. The van der Waals surface area contributed by atoms with Crippen LogP contribution in [0, 0.1) is 0 Å². The van der Waals surface area contributed by atoms with Crippen LogP contribution in [0.15, 0.2) is 35.6 Å². The summed E-state index contributed by atoms with van der Waals surface area (Å²) in [6.07, 6.45) is -1.39. The summed E-state index contributed by atoms with van der Waals surface area (Å²) in [5.41, 5.74) is 0.0992. The molecule has 29 heavy (non-hydrogen) atoms. The van der Waals surface area contributed by atoms with Gasteiger partial charge < -0.3 is 15.4 Å². The van der Waals surface area contributed by atoms with Gasteiger partial charge in [0.05, 0.1) is 12.1 Å². The number of aromatic nitrogens is 2. The predicted molar refractivity (Wildman–Crippen MR) is 117 cm³/mol. The molecule has 0 amide bonds. The van der Waals surface area contributed by atoms with Gasteiger partial charge in [0.1, 0.15) is 16.8 Å². The lowest BCUT2D eigenvalue weighted by Crippen LogP contribution is -2.40. The third kappa shape index (κ3) is 8.79. The minimum absolute atomic E-state index is 0. The second-order valence-corrected chi connectivity index (χ2v) is 6.32. The standard InChI is InChI=1S/C17H18Cl2F3N5O.HI/c1-23-16(24-5-4-11-2-3-14(19)26-9-11)25-6-7-28-15-13(18)8-12(10-27-15)17(20,21)22;/h2-3,8-10H,4-7H2,1H3,(H2,23,24,25);1H. The zero-order valence-electron chi connectivity index (χ0n) is 15.3. The van der Waals surface area contributed by atoms with E-state index in [2.05, 4.69) is 25.6 Å². The summed E-state index contributed by atoms with van der Waals surface area (Å²) in [7, 11) is 1.62. The molecule has 12 heteroatoms. The zero-order chi connectivity index (χ0) is 20.6. The molecular weight excluding hydrogens is 545 g/mol. The Labute approximate surface area is 193 Å². The number of alkyl halides is 3. The van der Waals surface area contributed by atoms with Crippen LogP contribution in [0.4, 0.5) is 13.2 Å². The summed E-state index contributed by atoms with van der Waals surface area (Å²) in [4.78, 5) is 11.7. The van der Waals surface area contributed by atoms with Crippen LogP contribution < -0.4 is 15.4 Å². The van der Waals surface area contributed by atoms with Crippen LogP contribution in [0.25, 0.3) is 0 Å². The van der Waals surface area contributed by atoms with Crippen LogP contribution in [0.5, 0.6) is 5.88 Å². The van der Waals surface area contributed by atoms with Gasteiger partial charge in [0, 0.05) is 26.0 Å². The van der Waals surface area contributed by atoms with E-state index in [0.717, 1.165) is 18.1 Å². The molecule has 0 radical (unpaired) electrons. The van der Waals surface area contributed by atoms with Crippen molar-refractivity contribution in [3.8, 4) is 5.88 Å². The number of guanidine groups is 1. The van der Waals surface area contributed by atoms with E-state index < -0.39 is 11.7 Å². The Morgan fingerprint density at radius 3 is 2.45 bits per heavy atom. The molecule has 0 unspecified atom stereocenters. The van der Waals surface area contributed by atoms with Gasteiger partial charge in [-0.2, -0.15) is 13.2 Å². The van der Waals surface area contributed by atoms with Gasteiger partial charge in [-0.15, -0.1) is 24.0 Å². The summed E-state index contributed by atoms with van der Waals surface area (Å²) < 4.78 is 43.1. The molecule has 0 saturated heterocycles. The lowest BCUT2D eigenvalue weighted by atomic mass is 10.2. The molecule has 2 aromatic rings. The van der Waals surface area contributed by atoms with Crippen LogP contribution >= 0.6 is 47.2 Å². The Morgan fingerprint density at radius 2 is 1.86 bits per heavy atom. The molecular formula is C17H19Cl2F3IN5O. The summed E-state index contributed by atoms with van der Waals surface area (Å²) in [5, 5.41) is 6.38. The van der Waals surface area contributed by atoms with Crippen molar-refractivity contribution < 1.29 is 17.9 Å². The first-order chi connectivity index (χ1) is 13.3. The average Bonchev–Trinajstić information content (AvgIpc) is 2.65. The Kier molecular flexibility index (Phi) is 10.8. The van der Waals surface area contributed by atoms with Crippen molar-refractivity contribution in [3.63, 3.8) is 0 Å². The fourth-order valence-corrected chi connectivity index (χ4v) is 2.44. The van der Waals surface area contributed by atoms with Crippen molar-refractivity contribution in [2.75, 3.05) is 26.7 Å². The predicted octanol–water partition coefficient (Wildman–Crippen LogP) is 4.21. The molecule has 2 rings (SSSR count). The number of nitrogens with one attached hydrogen (secondary N) is 2. The van der Waals surface area contributed by atoms with E-state index in [1.165, 1.54) is 0 Å². The number of ether oxygens (including phenoxy) is 1. The largest absolute Gasteiger partial charge is 0.475 e. The van der Waals surface area contributed by atoms with Gasteiger partial charge in [-0.3, -0.25) is 4.99 Å². The van der Waals surface area contributed by atoms with E-state index in [1.54, 1.807) is 19.3 Å². The summed E-state index contributed by atoms with van der Waals surface area (Å²) in [6.45, 7) is 1.11. The van der Waals surface area contributed by atoms with Crippen molar-refractivity contribution in [1.29, 1.82) is 0 Å². The number of halogens is 6. The van der Waals surface area contributed by atoms with Gasteiger partial charge in [-0.1, -0.05) is 29.3 Å². The topological polar surface area (TPSA) is 71.4 Å². The average molecular weight is 564 g/mol. The van der Waals surface area contributed by atoms with Crippen LogP contribution in [-0.2, 0) is 12.6 Å². The Bertz CT molecular complexity index is 807. The van der Waals surface area contributed by atoms with Crippen molar-refractivity contribution in [2.45, 2.75) is 12.6 Å². The van der Waals surface area contributed by atoms with Crippen LogP contribution in [0.2, 0.25) is 10.2 Å². The molecule has 160 valence electrons. The maximum absolute atomic E-state index is 12.6.